The van der Waals surface area contributed by atoms with Gasteiger partial charge >= 0.3 is 0 Å². The lowest BCUT2D eigenvalue weighted by Gasteiger charge is -2.08. The van der Waals surface area contributed by atoms with E-state index in [1.165, 1.54) is 35.9 Å². The molecule has 0 unspecified atom stereocenters. The van der Waals surface area contributed by atoms with E-state index < -0.39 is 9.84 Å². The van der Waals surface area contributed by atoms with Crippen molar-refractivity contribution in [2.75, 3.05) is 6.61 Å². The van der Waals surface area contributed by atoms with Gasteiger partial charge in [-0.1, -0.05) is 54.1 Å². The molecule has 0 aliphatic heterocycles. The number of sulfone groups is 1. The Morgan fingerprint density at radius 3 is 2.41 bits per heavy atom. The van der Waals surface area contributed by atoms with Crippen LogP contribution in [0.5, 0.6) is 5.75 Å². The monoisotopic (exact) mass is 423 g/mol. The molecule has 0 fully saturated rings. The van der Waals surface area contributed by atoms with E-state index in [1.54, 1.807) is 30.3 Å². The van der Waals surface area contributed by atoms with E-state index in [9.17, 15) is 13.7 Å². The normalized spacial score (nSPS) is 11.7. The Balaban J connectivity index is 1.77. The maximum absolute atomic E-state index is 12.7. The molecule has 0 heterocycles. The van der Waals surface area contributed by atoms with Crippen molar-refractivity contribution in [2.24, 2.45) is 0 Å². The first-order chi connectivity index (χ1) is 14.0. The third-order valence-corrected chi connectivity index (χ3v) is 6.11. The highest BCUT2D eigenvalue weighted by Gasteiger charge is 2.20. The van der Waals surface area contributed by atoms with Crippen molar-refractivity contribution in [3.63, 3.8) is 0 Å². The molecule has 0 N–H and O–H groups in total. The van der Waals surface area contributed by atoms with Crippen molar-refractivity contribution in [3.05, 3.63) is 99.9 Å². The van der Waals surface area contributed by atoms with Crippen LogP contribution in [0.3, 0.4) is 0 Å². The summed E-state index contributed by atoms with van der Waals surface area (Å²) in [4.78, 5) is -0.328. The van der Waals surface area contributed by atoms with E-state index in [0.717, 1.165) is 6.42 Å². The van der Waals surface area contributed by atoms with Gasteiger partial charge < -0.3 is 4.74 Å². The predicted octanol–water partition coefficient (Wildman–Crippen LogP) is 5.30. The summed E-state index contributed by atoms with van der Waals surface area (Å²) in [5, 5.41) is 9.84. The Morgan fingerprint density at radius 1 is 1.00 bits per heavy atom. The van der Waals surface area contributed by atoms with Gasteiger partial charge in [0.15, 0.2) is 0 Å². The molecule has 0 aliphatic carbocycles. The minimum absolute atomic E-state index is 0.0185. The summed E-state index contributed by atoms with van der Waals surface area (Å²) in [5.41, 5.74) is 1.74. The summed E-state index contributed by atoms with van der Waals surface area (Å²) < 4.78 is 31.2. The van der Waals surface area contributed by atoms with Crippen LogP contribution in [0, 0.1) is 11.3 Å². The highest BCUT2D eigenvalue weighted by molar-refractivity contribution is 7.95. The molecule has 0 saturated carbocycles. The topological polar surface area (TPSA) is 67.2 Å². The molecule has 29 heavy (non-hydrogen) atoms. The Labute approximate surface area is 175 Å². The predicted molar refractivity (Wildman–Crippen MR) is 114 cm³/mol. The van der Waals surface area contributed by atoms with Gasteiger partial charge in [-0.05, 0) is 53.6 Å². The average molecular weight is 424 g/mol. The third-order valence-electron chi connectivity index (χ3n) is 4.18. The minimum atomic E-state index is -3.93. The van der Waals surface area contributed by atoms with Crippen molar-refractivity contribution in [1.82, 2.24) is 0 Å². The van der Waals surface area contributed by atoms with Gasteiger partial charge in [-0.3, -0.25) is 0 Å². The third kappa shape index (κ3) is 5.47. The number of benzene rings is 3. The Kier molecular flexibility index (Phi) is 6.71. The zero-order valence-corrected chi connectivity index (χ0v) is 17.0. The van der Waals surface area contributed by atoms with Gasteiger partial charge in [-0.15, -0.1) is 0 Å². The smallest absolute Gasteiger partial charge is 0.216 e. The van der Waals surface area contributed by atoms with Gasteiger partial charge in [0.2, 0.25) is 9.84 Å². The van der Waals surface area contributed by atoms with E-state index in [1.807, 2.05) is 30.3 Å². The molecule has 146 valence electrons. The second-order valence-electron chi connectivity index (χ2n) is 6.23. The first-order valence-electron chi connectivity index (χ1n) is 8.88. The van der Waals surface area contributed by atoms with Crippen LogP contribution in [-0.4, -0.2) is 15.0 Å². The summed E-state index contributed by atoms with van der Waals surface area (Å²) in [6.45, 7) is 0.491. The van der Waals surface area contributed by atoms with Gasteiger partial charge in [0.05, 0.1) is 11.5 Å². The molecule has 3 rings (SSSR count). The fraction of sp³-hybridized carbons (Fsp3) is 0.0870. The summed E-state index contributed by atoms with van der Waals surface area (Å²) >= 11 is 5.81. The number of hydrogen-bond donors (Lipinski definition) is 0. The number of halogens is 1. The number of nitrogens with zero attached hydrogens (tertiary/aromatic N) is 1. The number of rotatable bonds is 7. The van der Waals surface area contributed by atoms with Gasteiger partial charge in [0, 0.05) is 11.4 Å². The largest absolute Gasteiger partial charge is 0.493 e. The van der Waals surface area contributed by atoms with Crippen LogP contribution in [0.25, 0.3) is 6.08 Å². The van der Waals surface area contributed by atoms with E-state index in [0.29, 0.717) is 22.9 Å². The summed E-state index contributed by atoms with van der Waals surface area (Å²) in [7, 11) is -3.93. The van der Waals surface area contributed by atoms with Crippen molar-refractivity contribution in [1.29, 1.82) is 5.26 Å². The molecule has 0 aliphatic rings. The summed E-state index contributed by atoms with van der Waals surface area (Å²) in [6.07, 6.45) is 2.10. The molecular weight excluding hydrogens is 406 g/mol. The molecule has 0 saturated heterocycles. The first kappa shape index (κ1) is 20.7. The molecular formula is C23H18ClNO3S. The fourth-order valence-corrected chi connectivity index (χ4v) is 3.97. The maximum atomic E-state index is 12.7. The minimum Gasteiger partial charge on any atom is -0.493 e. The Morgan fingerprint density at radius 2 is 1.72 bits per heavy atom. The number of ether oxygens (including phenoxy) is 1. The second-order valence-corrected chi connectivity index (χ2v) is 8.59. The van der Waals surface area contributed by atoms with E-state index >= 15 is 0 Å². The van der Waals surface area contributed by atoms with Gasteiger partial charge in [-0.2, -0.15) is 5.26 Å². The molecule has 0 atom stereocenters. The molecule has 0 bridgehead atoms. The number of allylic oxidation sites excluding steroid dienone is 1. The van der Waals surface area contributed by atoms with Crippen molar-refractivity contribution < 1.29 is 13.2 Å². The maximum Gasteiger partial charge on any atom is 0.216 e. The van der Waals surface area contributed by atoms with Crippen LogP contribution in [0.15, 0.2) is 88.7 Å². The summed E-state index contributed by atoms with van der Waals surface area (Å²) in [6, 6.07) is 24.5. The highest BCUT2D eigenvalue weighted by atomic mass is 35.5. The van der Waals surface area contributed by atoms with Crippen LogP contribution < -0.4 is 4.74 Å². The number of nitriles is 1. The van der Waals surface area contributed by atoms with Crippen LogP contribution in [0.2, 0.25) is 5.02 Å². The molecule has 0 spiro atoms. The quantitative estimate of drug-likeness (QED) is 0.483. The Hall–Kier alpha value is -3.07. The molecule has 0 aromatic heterocycles. The molecule has 6 heteroatoms. The van der Waals surface area contributed by atoms with Crippen LogP contribution >= 0.6 is 11.6 Å². The van der Waals surface area contributed by atoms with Gasteiger partial charge in [0.25, 0.3) is 0 Å². The van der Waals surface area contributed by atoms with E-state index in [-0.39, 0.29) is 9.80 Å². The molecule has 3 aromatic rings. The highest BCUT2D eigenvalue weighted by Crippen LogP contribution is 2.24. The van der Waals surface area contributed by atoms with Crippen LogP contribution in [-0.2, 0) is 16.3 Å². The zero-order chi connectivity index (χ0) is 20.7. The lowest BCUT2D eigenvalue weighted by molar-refractivity contribution is 0.322. The SMILES string of the molecule is N#CC(=Cc1cccc(OCCc2ccccc2)c1)S(=O)(=O)c1ccc(Cl)cc1. The zero-order valence-electron chi connectivity index (χ0n) is 15.5. The lowest BCUT2D eigenvalue weighted by atomic mass is 10.2. The standard InChI is InChI=1S/C23H18ClNO3S/c24-20-9-11-22(12-10-20)29(26,27)23(17-25)16-19-7-4-8-21(15-19)28-14-13-18-5-2-1-3-6-18/h1-12,15-16H,13-14H2. The van der Waals surface area contributed by atoms with Crippen molar-refractivity contribution in [3.8, 4) is 11.8 Å². The van der Waals surface area contributed by atoms with E-state index in [4.69, 9.17) is 16.3 Å². The molecule has 4 nitrogen and oxygen atoms in total. The van der Waals surface area contributed by atoms with Crippen LogP contribution in [0.4, 0.5) is 0 Å². The number of hydrogen-bond acceptors (Lipinski definition) is 4. The van der Waals surface area contributed by atoms with Gasteiger partial charge in [0.1, 0.15) is 16.7 Å². The molecule has 0 amide bonds. The fourth-order valence-electron chi connectivity index (χ4n) is 2.69. The van der Waals surface area contributed by atoms with Crippen molar-refractivity contribution in [2.45, 2.75) is 11.3 Å². The van der Waals surface area contributed by atoms with Crippen molar-refractivity contribution >= 4 is 27.5 Å². The molecule has 0 radical (unpaired) electrons. The van der Waals surface area contributed by atoms with E-state index in [2.05, 4.69) is 0 Å². The molecule has 3 aromatic carbocycles. The second kappa shape index (κ2) is 9.42. The van der Waals surface area contributed by atoms with Gasteiger partial charge in [-0.25, -0.2) is 8.42 Å². The first-order valence-corrected chi connectivity index (χ1v) is 10.7. The lowest BCUT2D eigenvalue weighted by Crippen LogP contribution is -2.03. The summed E-state index contributed by atoms with van der Waals surface area (Å²) in [5.74, 6) is 0.607. The average Bonchev–Trinajstić information content (AvgIpc) is 2.73. The van der Waals surface area contributed by atoms with Crippen LogP contribution in [0.1, 0.15) is 11.1 Å². The Bertz CT molecular complexity index is 1150.